The van der Waals surface area contributed by atoms with Crippen molar-refractivity contribution in [2.45, 2.75) is 12.8 Å². The second kappa shape index (κ2) is 22.7. The number of carboxylic acids is 2. The van der Waals surface area contributed by atoms with Gasteiger partial charge in [0.25, 0.3) is 0 Å². The van der Waals surface area contributed by atoms with Gasteiger partial charge in [0.15, 0.2) is 5.96 Å². The van der Waals surface area contributed by atoms with Crippen LogP contribution >= 0.6 is 46.6 Å². The normalized spacial score (nSPS) is 6.94. The molecule has 0 aromatic heterocycles. The van der Waals surface area contributed by atoms with Crippen LogP contribution in [0.1, 0.15) is 12.8 Å². The van der Waals surface area contributed by atoms with Crippen LogP contribution in [0.4, 0.5) is 0 Å². The third-order valence-electron chi connectivity index (χ3n) is 0.937. The molecule has 0 aliphatic heterocycles. The van der Waals surface area contributed by atoms with Gasteiger partial charge >= 0.3 is 35.5 Å². The fourth-order valence-electron chi connectivity index (χ4n) is 0.388. The van der Waals surface area contributed by atoms with E-state index in [4.69, 9.17) is 16.6 Å². The average molecular weight is 421 g/mol. The van der Waals surface area contributed by atoms with Crippen LogP contribution in [-0.4, -0.2) is 35.3 Å². The van der Waals surface area contributed by atoms with Crippen LogP contribution in [-0.2, 0) is 9.59 Å². The Bertz CT molecular complexity index is 229. The van der Waals surface area contributed by atoms with E-state index in [1.165, 1.54) is 0 Å². The second-order valence-corrected chi connectivity index (χ2v) is 2.74. The molecular formula is C7H16Br2N3NaO4S. The van der Waals surface area contributed by atoms with Gasteiger partial charge in [0.2, 0.25) is 0 Å². The molecule has 0 bridgehead atoms. The first-order chi connectivity index (χ1) is 6.90. The summed E-state index contributed by atoms with van der Waals surface area (Å²) in [7, 11) is 0. The zero-order chi connectivity index (χ0) is 12.3. The number of hydrogen-bond donors (Lipinski definition) is 4. The molecule has 0 aromatic rings. The predicted molar refractivity (Wildman–Crippen MR) is 77.1 cm³/mol. The second-order valence-electron chi connectivity index (χ2n) is 2.30. The molecule has 0 spiro atoms. The largest absolute Gasteiger partial charge is 1.00 e. The van der Waals surface area contributed by atoms with Crippen molar-refractivity contribution in [1.82, 2.24) is 0 Å². The minimum Gasteiger partial charge on any atom is -0.550 e. The minimum atomic E-state index is -1.33. The van der Waals surface area contributed by atoms with Crippen LogP contribution < -0.4 is 46.1 Å². The Kier molecular flexibility index (Phi) is 39.2. The van der Waals surface area contributed by atoms with Gasteiger partial charge in [-0.2, -0.15) is 12.6 Å². The maximum Gasteiger partial charge on any atom is 1.00 e. The van der Waals surface area contributed by atoms with Crippen LogP contribution in [0.15, 0.2) is 4.99 Å². The molecule has 0 fully saturated rings. The number of guanidine groups is 1. The number of nitrogens with zero attached hydrogens (tertiary/aromatic N) is 1. The summed E-state index contributed by atoms with van der Waals surface area (Å²) < 4.78 is 0. The Labute approximate surface area is 154 Å². The molecule has 0 aromatic carbocycles. The average Bonchev–Trinajstić information content (AvgIpc) is 2.12. The molecule has 104 valence electrons. The predicted octanol–water partition coefficient (Wildman–Crippen LogP) is -4.05. The quantitative estimate of drug-likeness (QED) is 0.154. The number of hydrogen-bond acceptors (Lipinski definition) is 5. The molecule has 0 aliphatic carbocycles. The molecule has 0 radical (unpaired) electrons. The molecule has 0 aliphatic rings. The fourth-order valence-corrected chi connectivity index (χ4v) is 0.488. The minimum absolute atomic E-state index is 0. The van der Waals surface area contributed by atoms with Gasteiger partial charge in [0.05, 0.1) is 13.0 Å². The van der Waals surface area contributed by atoms with Gasteiger partial charge in [-0.1, -0.05) is 0 Å². The Morgan fingerprint density at radius 3 is 1.78 bits per heavy atom. The van der Waals surface area contributed by atoms with Crippen molar-refractivity contribution in [1.29, 1.82) is 0 Å². The van der Waals surface area contributed by atoms with Gasteiger partial charge in [-0.15, -0.1) is 34.0 Å². The zero-order valence-electron chi connectivity index (χ0n) is 9.87. The SMILES string of the molecule is Br.Br.NC(N)=NCCS.O=C([O-])CCC(=O)O.[Na+]. The van der Waals surface area contributed by atoms with Crippen molar-refractivity contribution in [3.63, 3.8) is 0 Å². The Balaban J connectivity index is -0.0000000540. The number of halogens is 2. The summed E-state index contributed by atoms with van der Waals surface area (Å²) in [6.07, 6.45) is -0.766. The third kappa shape index (κ3) is 43.9. The summed E-state index contributed by atoms with van der Waals surface area (Å²) in [4.78, 5) is 22.8. The van der Waals surface area contributed by atoms with Gasteiger partial charge in [0.1, 0.15) is 0 Å². The number of carbonyl (C=O) groups is 2. The molecule has 7 nitrogen and oxygen atoms in total. The molecule has 0 heterocycles. The van der Waals surface area contributed by atoms with Crippen molar-refractivity contribution >= 4 is 64.5 Å². The molecule has 0 amide bonds. The molecule has 0 unspecified atom stereocenters. The molecule has 0 rings (SSSR count). The molecule has 0 saturated carbocycles. The first kappa shape index (κ1) is 31.1. The van der Waals surface area contributed by atoms with Crippen LogP contribution in [0, 0.1) is 0 Å². The first-order valence-electron chi connectivity index (χ1n) is 3.98. The maximum absolute atomic E-state index is 9.61. The Morgan fingerprint density at radius 1 is 1.22 bits per heavy atom. The number of aliphatic imine (C=N–C) groups is 1. The van der Waals surface area contributed by atoms with Gasteiger partial charge < -0.3 is 26.5 Å². The van der Waals surface area contributed by atoms with Crippen LogP contribution in [0.2, 0.25) is 0 Å². The summed E-state index contributed by atoms with van der Waals surface area (Å²) >= 11 is 3.88. The van der Waals surface area contributed by atoms with Crippen LogP contribution in [0.3, 0.4) is 0 Å². The molecule has 0 saturated heterocycles. The van der Waals surface area contributed by atoms with E-state index in [9.17, 15) is 14.7 Å². The van der Waals surface area contributed by atoms with Crippen molar-refractivity contribution in [3.8, 4) is 0 Å². The van der Waals surface area contributed by atoms with Crippen LogP contribution in [0.25, 0.3) is 0 Å². The topological polar surface area (TPSA) is 142 Å². The van der Waals surface area contributed by atoms with Gasteiger partial charge in [-0.25, -0.2) is 0 Å². The van der Waals surface area contributed by atoms with Crippen molar-refractivity contribution in [3.05, 3.63) is 0 Å². The third-order valence-corrected chi connectivity index (χ3v) is 1.14. The number of rotatable bonds is 5. The monoisotopic (exact) mass is 419 g/mol. The van der Waals surface area contributed by atoms with Gasteiger partial charge in [-0.3, -0.25) is 9.79 Å². The van der Waals surface area contributed by atoms with E-state index in [-0.39, 0.29) is 75.9 Å². The summed E-state index contributed by atoms with van der Waals surface area (Å²) in [5.41, 5.74) is 9.94. The van der Waals surface area contributed by atoms with E-state index in [0.29, 0.717) is 12.3 Å². The standard InChI is InChI=1S/C4H6O4.C3H9N3S.2BrH.Na/c5-3(6)1-2-4(7)8;4-3(5)6-1-2-7;;;/h1-2H2,(H,5,6)(H,7,8);7H,1-2H2,(H4,4,5,6);2*1H;/q;;;;+1/p-1. The van der Waals surface area contributed by atoms with Gasteiger partial charge in [0, 0.05) is 11.7 Å². The van der Waals surface area contributed by atoms with Crippen molar-refractivity contribution in [2.75, 3.05) is 12.3 Å². The van der Waals surface area contributed by atoms with E-state index in [1.54, 1.807) is 0 Å². The van der Waals surface area contributed by atoms with E-state index in [2.05, 4.69) is 17.6 Å². The summed E-state index contributed by atoms with van der Waals surface area (Å²) in [5.74, 6) is -1.62. The summed E-state index contributed by atoms with van der Waals surface area (Å²) in [6, 6.07) is 0. The maximum atomic E-state index is 9.61. The van der Waals surface area contributed by atoms with E-state index in [0.717, 1.165) is 0 Å². The van der Waals surface area contributed by atoms with E-state index in [1.807, 2.05) is 0 Å². The van der Waals surface area contributed by atoms with Gasteiger partial charge in [-0.05, 0) is 6.42 Å². The van der Waals surface area contributed by atoms with Crippen molar-refractivity contribution in [2.24, 2.45) is 16.5 Å². The molecule has 18 heavy (non-hydrogen) atoms. The smallest absolute Gasteiger partial charge is 0.550 e. The van der Waals surface area contributed by atoms with Crippen LogP contribution in [0.5, 0.6) is 0 Å². The zero-order valence-corrected chi connectivity index (χ0v) is 16.2. The number of aliphatic carboxylic acids is 2. The number of nitrogens with two attached hydrogens (primary N) is 2. The number of thiol groups is 1. The first-order valence-corrected chi connectivity index (χ1v) is 4.61. The molecule has 11 heteroatoms. The Hall–Kier alpha value is 0.520. The number of carboxylic acid groups (broad SMARTS) is 2. The van der Waals surface area contributed by atoms with E-state index >= 15 is 0 Å². The molecular weight excluding hydrogens is 405 g/mol. The summed E-state index contributed by atoms with van der Waals surface area (Å²) in [5, 5.41) is 17.4. The number of carbonyl (C=O) groups excluding carboxylic acids is 1. The van der Waals surface area contributed by atoms with E-state index < -0.39 is 18.4 Å². The molecule has 5 N–H and O–H groups in total. The van der Waals surface area contributed by atoms with Crippen molar-refractivity contribution < 1.29 is 49.4 Å². The Morgan fingerprint density at radius 2 is 1.67 bits per heavy atom. The summed E-state index contributed by atoms with van der Waals surface area (Å²) in [6.45, 7) is 0.603. The molecule has 0 atom stereocenters. The fraction of sp³-hybridized carbons (Fsp3) is 0.571.